The Morgan fingerprint density at radius 1 is 1.03 bits per heavy atom. The van der Waals surface area contributed by atoms with Gasteiger partial charge in [0, 0.05) is 6.04 Å². The fourth-order valence-electron chi connectivity index (χ4n) is 6.61. The van der Waals surface area contributed by atoms with Gasteiger partial charge in [-0.1, -0.05) is 86.2 Å². The van der Waals surface area contributed by atoms with E-state index in [2.05, 4.69) is 39.1 Å². The number of nitrogens with zero attached hydrogens (tertiary/aromatic N) is 2. The molecule has 5 atom stereocenters. The van der Waals surface area contributed by atoms with Crippen molar-refractivity contribution in [2.24, 2.45) is 11.8 Å². The molecule has 0 aromatic carbocycles. The summed E-state index contributed by atoms with van der Waals surface area (Å²) in [5, 5.41) is 0. The zero-order valence-electron chi connectivity index (χ0n) is 19.9. The molecule has 0 amide bonds. The molecular formula is C23H46Cl2N2SiTi-2. The Labute approximate surface area is 200 Å². The predicted octanol–water partition coefficient (Wildman–Crippen LogP) is 8.41. The number of hydrogen-bond acceptors (Lipinski definition) is 1. The maximum atomic E-state index is 5.63. The van der Waals surface area contributed by atoms with Crippen LogP contribution in [-0.2, 0) is 17.0 Å². The molecule has 6 heteroatoms. The molecule has 0 radical (unpaired) electrons. The van der Waals surface area contributed by atoms with Gasteiger partial charge in [0.05, 0.1) is 0 Å². The summed E-state index contributed by atoms with van der Waals surface area (Å²) in [6.45, 7) is 14.8. The molecule has 2 aliphatic carbocycles. The van der Waals surface area contributed by atoms with Crippen molar-refractivity contribution in [3.05, 3.63) is 12.4 Å². The number of fused-ring (bicyclic) bond motifs is 1. The molecule has 1 aliphatic heterocycles. The molecule has 172 valence electrons. The quantitative estimate of drug-likeness (QED) is 0.266. The Bertz CT molecular complexity index is 457. The van der Waals surface area contributed by atoms with Crippen LogP contribution in [0.1, 0.15) is 85.5 Å². The van der Waals surface area contributed by atoms with Gasteiger partial charge in [-0.25, -0.2) is 0 Å². The molecule has 3 aliphatic rings. The molecule has 3 rings (SSSR count). The minimum absolute atomic E-state index is 0. The van der Waals surface area contributed by atoms with Crippen molar-refractivity contribution in [3.63, 3.8) is 0 Å². The third kappa shape index (κ3) is 8.06. The summed E-state index contributed by atoms with van der Waals surface area (Å²) in [6.07, 6.45) is 13.1. The van der Waals surface area contributed by atoms with Crippen molar-refractivity contribution in [2.75, 3.05) is 13.1 Å². The van der Waals surface area contributed by atoms with E-state index < -0.39 is 25.3 Å². The number of rotatable bonds is 6. The van der Waals surface area contributed by atoms with Crippen LogP contribution in [0.25, 0.3) is 4.98 Å². The third-order valence-electron chi connectivity index (χ3n) is 7.42. The summed E-state index contributed by atoms with van der Waals surface area (Å²) >= 11 is -0.556. The molecule has 2 saturated carbocycles. The standard InChI is InChI=1S/C22H43N2Si.CH3.2ClH.Ti/c1-6-7-16-25(5,23-22(2,3)4)21-17-20(24-14-10-11-15-24)18-12-8-9-13-19(18)21;;;;/h18-21H,6-17H2,1-5H3;1H3;2*1H;/q2*-1;;;+2/p-2. The molecule has 1 saturated heterocycles. The first-order chi connectivity index (χ1) is 13.3. The van der Waals surface area contributed by atoms with E-state index in [4.69, 9.17) is 23.6 Å². The Morgan fingerprint density at radius 2 is 1.59 bits per heavy atom. The van der Waals surface area contributed by atoms with Crippen molar-refractivity contribution >= 4 is 26.8 Å². The van der Waals surface area contributed by atoms with Crippen LogP contribution in [0.5, 0.6) is 0 Å². The van der Waals surface area contributed by atoms with Crippen LogP contribution in [0.2, 0.25) is 18.1 Å². The van der Waals surface area contributed by atoms with E-state index in [9.17, 15) is 0 Å². The molecule has 0 aromatic heterocycles. The monoisotopic (exact) mass is 496 g/mol. The van der Waals surface area contributed by atoms with Gasteiger partial charge in [-0.2, -0.15) is 0 Å². The van der Waals surface area contributed by atoms with E-state index in [1.54, 1.807) is 0 Å². The second kappa shape index (κ2) is 13.2. The van der Waals surface area contributed by atoms with Crippen LogP contribution < -0.4 is 0 Å². The SMILES string of the molecule is CCCC[Si](C)([N-]C(C)(C)C)C1CC(N2CCCC2)C2CCCCC21.[CH3-].[Cl][Ti][Cl]. The Kier molecular flexibility index (Phi) is 13.0. The van der Waals surface area contributed by atoms with Gasteiger partial charge in [0.25, 0.3) is 0 Å². The topological polar surface area (TPSA) is 17.3 Å². The molecule has 29 heavy (non-hydrogen) atoms. The summed E-state index contributed by atoms with van der Waals surface area (Å²) in [4.78, 5) is 8.53. The zero-order valence-corrected chi connectivity index (χ0v) is 24.0. The van der Waals surface area contributed by atoms with E-state index in [-0.39, 0.29) is 13.0 Å². The molecule has 0 spiro atoms. The van der Waals surface area contributed by atoms with E-state index >= 15 is 0 Å². The summed E-state index contributed by atoms with van der Waals surface area (Å²) in [5.74, 6) is 2.00. The van der Waals surface area contributed by atoms with Crippen LogP contribution >= 0.6 is 18.6 Å². The molecule has 0 aromatic rings. The van der Waals surface area contributed by atoms with Crippen molar-refractivity contribution in [1.29, 1.82) is 0 Å². The summed E-state index contributed by atoms with van der Waals surface area (Å²) in [7, 11) is 8.20. The minimum atomic E-state index is -1.58. The van der Waals surface area contributed by atoms with Crippen molar-refractivity contribution in [2.45, 2.75) is 115 Å². The maximum absolute atomic E-state index is 5.63. The molecular weight excluding hydrogens is 451 g/mol. The molecule has 3 fully saturated rings. The normalized spacial score (nSPS) is 31.8. The average Bonchev–Trinajstić information content (AvgIpc) is 3.27. The second-order valence-corrected chi connectivity index (χ2v) is 17.3. The van der Waals surface area contributed by atoms with Crippen molar-refractivity contribution in [3.8, 4) is 0 Å². The number of likely N-dealkylation sites (tertiary alicyclic amines) is 1. The number of hydrogen-bond donors (Lipinski definition) is 0. The summed E-state index contributed by atoms with van der Waals surface area (Å²) < 4.78 is 0. The number of halogens is 2. The van der Waals surface area contributed by atoms with E-state index in [1.165, 1.54) is 76.9 Å². The van der Waals surface area contributed by atoms with E-state index in [1.807, 2.05) is 0 Å². The number of unbranched alkanes of at least 4 members (excludes halogenated alkanes) is 1. The molecule has 5 unspecified atom stereocenters. The van der Waals surface area contributed by atoms with Gasteiger partial charge in [0.15, 0.2) is 0 Å². The van der Waals surface area contributed by atoms with Gasteiger partial charge < -0.3 is 17.3 Å². The average molecular weight is 497 g/mol. The van der Waals surface area contributed by atoms with Crippen LogP contribution in [0.3, 0.4) is 0 Å². The van der Waals surface area contributed by atoms with Crippen LogP contribution in [0.4, 0.5) is 0 Å². The van der Waals surface area contributed by atoms with Crippen LogP contribution in [0, 0.1) is 19.3 Å². The van der Waals surface area contributed by atoms with E-state index in [0.717, 1.165) is 23.4 Å². The fourth-order valence-corrected chi connectivity index (χ4v) is 11.9. The first-order valence-electron chi connectivity index (χ1n) is 11.7. The predicted molar refractivity (Wildman–Crippen MR) is 131 cm³/mol. The molecule has 0 N–H and O–H groups in total. The molecule has 2 nitrogen and oxygen atoms in total. The van der Waals surface area contributed by atoms with Crippen LogP contribution in [-0.4, -0.2) is 37.8 Å². The fraction of sp³-hybridized carbons (Fsp3) is 0.957. The summed E-state index contributed by atoms with van der Waals surface area (Å²) in [5.41, 5.74) is 1.10. The third-order valence-corrected chi connectivity index (χ3v) is 12.2. The van der Waals surface area contributed by atoms with Crippen LogP contribution in [0.15, 0.2) is 0 Å². The van der Waals surface area contributed by atoms with E-state index in [0.29, 0.717) is 0 Å². The van der Waals surface area contributed by atoms with Crippen molar-refractivity contribution in [1.82, 2.24) is 4.90 Å². The van der Waals surface area contributed by atoms with Gasteiger partial charge in [-0.05, 0) is 50.6 Å². The van der Waals surface area contributed by atoms with Crippen molar-refractivity contribution < 1.29 is 17.0 Å². The van der Waals surface area contributed by atoms with Gasteiger partial charge in [-0.3, -0.25) is 0 Å². The Morgan fingerprint density at radius 3 is 2.10 bits per heavy atom. The Balaban J connectivity index is 0.000000990. The van der Waals surface area contributed by atoms with Gasteiger partial charge >= 0.3 is 35.6 Å². The van der Waals surface area contributed by atoms with Gasteiger partial charge in [-0.15, -0.1) is 5.54 Å². The molecule has 1 heterocycles. The Hall–Kier alpha value is 1.43. The van der Waals surface area contributed by atoms with Gasteiger partial charge in [0.1, 0.15) is 0 Å². The summed E-state index contributed by atoms with van der Waals surface area (Å²) in [6, 6.07) is 2.34. The molecule has 0 bridgehead atoms. The first kappa shape index (κ1) is 28.5. The van der Waals surface area contributed by atoms with Gasteiger partial charge in [0.2, 0.25) is 0 Å². The zero-order chi connectivity index (χ0) is 20.8. The first-order valence-corrected chi connectivity index (χ1v) is 18.7. The second-order valence-electron chi connectivity index (χ2n) is 10.6.